The van der Waals surface area contributed by atoms with E-state index in [4.69, 9.17) is 0 Å². The van der Waals surface area contributed by atoms with E-state index in [0.29, 0.717) is 0 Å². The summed E-state index contributed by atoms with van der Waals surface area (Å²) >= 11 is 0. The van der Waals surface area contributed by atoms with Crippen LogP contribution in [0.1, 0.15) is 16.7 Å². The van der Waals surface area contributed by atoms with Gasteiger partial charge in [-0.3, -0.25) is 4.98 Å². The molecule has 3 aromatic carbocycles. The minimum atomic E-state index is 0. The van der Waals surface area contributed by atoms with Crippen LogP contribution in [-0.2, 0) is 20.1 Å². The summed E-state index contributed by atoms with van der Waals surface area (Å²) in [6.45, 7) is 6.52. The molecular weight excluding hydrogens is 494 g/mol. The van der Waals surface area contributed by atoms with Crippen molar-refractivity contribution in [2.75, 3.05) is 0 Å². The molecule has 131 valence electrons. The number of hydrogen-bond donors (Lipinski definition) is 0. The maximum atomic E-state index is 4.59. The monoisotopic (exact) mass is 515 g/mol. The van der Waals surface area contributed by atoms with Gasteiger partial charge in [0.2, 0.25) is 0 Å². The molecule has 2 heteroatoms. The molecule has 0 aliphatic heterocycles. The third-order valence-corrected chi connectivity index (χ3v) is 4.69. The van der Waals surface area contributed by atoms with Crippen molar-refractivity contribution < 1.29 is 20.1 Å². The average Bonchev–Trinajstić information content (AvgIpc) is 2.61. The van der Waals surface area contributed by atoms with Crippen LogP contribution >= 0.6 is 0 Å². The summed E-state index contributed by atoms with van der Waals surface area (Å²) in [5.41, 5.74) is 9.71. The first-order valence-corrected chi connectivity index (χ1v) is 8.57. The Morgan fingerprint density at radius 1 is 0.846 bits per heavy atom. The third kappa shape index (κ3) is 3.35. The zero-order valence-corrected chi connectivity index (χ0v) is 17.5. The molecule has 0 atom stereocenters. The van der Waals surface area contributed by atoms with E-state index in [1.54, 1.807) is 0 Å². The zero-order valence-electron chi connectivity index (χ0n) is 15.1. The van der Waals surface area contributed by atoms with E-state index < -0.39 is 0 Å². The molecule has 0 bridgehead atoms. The van der Waals surface area contributed by atoms with Crippen molar-refractivity contribution in [2.45, 2.75) is 20.8 Å². The summed E-state index contributed by atoms with van der Waals surface area (Å²) in [6, 6.07) is 24.7. The second-order valence-electron chi connectivity index (χ2n) is 6.65. The van der Waals surface area contributed by atoms with Crippen molar-refractivity contribution in [3.05, 3.63) is 89.6 Å². The predicted molar refractivity (Wildman–Crippen MR) is 106 cm³/mol. The Bertz CT molecular complexity index is 1050. The van der Waals surface area contributed by atoms with Crippen molar-refractivity contribution in [3.63, 3.8) is 0 Å². The van der Waals surface area contributed by atoms with Gasteiger partial charge in [0.15, 0.2) is 0 Å². The fourth-order valence-electron chi connectivity index (χ4n) is 3.73. The maximum absolute atomic E-state index is 4.59. The van der Waals surface area contributed by atoms with E-state index in [1.165, 1.54) is 27.8 Å². The van der Waals surface area contributed by atoms with Gasteiger partial charge in [0.05, 0.1) is 0 Å². The van der Waals surface area contributed by atoms with E-state index in [1.807, 2.05) is 18.3 Å². The van der Waals surface area contributed by atoms with Gasteiger partial charge in [-0.25, -0.2) is 0 Å². The van der Waals surface area contributed by atoms with Crippen molar-refractivity contribution in [1.29, 1.82) is 0 Å². The topological polar surface area (TPSA) is 12.9 Å². The van der Waals surface area contributed by atoms with Crippen molar-refractivity contribution in [1.82, 2.24) is 4.98 Å². The van der Waals surface area contributed by atoms with Crippen molar-refractivity contribution in [2.24, 2.45) is 0 Å². The van der Waals surface area contributed by atoms with E-state index in [9.17, 15) is 0 Å². The van der Waals surface area contributed by atoms with Gasteiger partial charge in [-0.05, 0) is 48.9 Å². The Hall–Kier alpha value is -2.28. The molecule has 0 N–H and O–H groups in total. The second kappa shape index (κ2) is 7.53. The van der Waals surface area contributed by atoms with Crippen LogP contribution in [0, 0.1) is 26.8 Å². The van der Waals surface area contributed by atoms with Crippen LogP contribution in [0.25, 0.3) is 33.2 Å². The number of aromatic nitrogens is 1. The maximum Gasteiger partial charge on any atom is 0.0366 e. The third-order valence-electron chi connectivity index (χ3n) is 4.69. The molecule has 0 saturated carbocycles. The minimum absolute atomic E-state index is 0. The number of hydrogen-bond acceptors (Lipinski definition) is 1. The molecule has 0 aliphatic rings. The molecule has 0 fully saturated rings. The first-order chi connectivity index (χ1) is 12.1. The summed E-state index contributed by atoms with van der Waals surface area (Å²) in [5, 5.41) is 1.15. The van der Waals surface area contributed by atoms with Crippen molar-refractivity contribution >= 4 is 10.9 Å². The molecule has 1 aromatic heterocycles. The van der Waals surface area contributed by atoms with Gasteiger partial charge in [-0.15, -0.1) is 35.4 Å². The summed E-state index contributed by atoms with van der Waals surface area (Å²) in [6.07, 6.45) is 1.85. The number of aryl methyl sites for hydroxylation is 3. The summed E-state index contributed by atoms with van der Waals surface area (Å²) in [5.74, 6) is 0. The largest absolute Gasteiger partial charge is 0.266 e. The molecule has 1 nitrogen and oxygen atoms in total. The van der Waals surface area contributed by atoms with Crippen LogP contribution in [0.3, 0.4) is 0 Å². The summed E-state index contributed by atoms with van der Waals surface area (Å²) in [7, 11) is 0. The number of rotatable bonds is 2. The summed E-state index contributed by atoms with van der Waals surface area (Å²) in [4.78, 5) is 4.59. The molecule has 1 heterocycles. The smallest absolute Gasteiger partial charge is 0.0366 e. The van der Waals surface area contributed by atoms with Gasteiger partial charge in [-0.1, -0.05) is 47.5 Å². The van der Waals surface area contributed by atoms with Gasteiger partial charge < -0.3 is 0 Å². The van der Waals surface area contributed by atoms with Gasteiger partial charge in [0.1, 0.15) is 0 Å². The van der Waals surface area contributed by atoms with E-state index in [2.05, 4.69) is 80.4 Å². The van der Waals surface area contributed by atoms with Gasteiger partial charge in [-0.2, -0.15) is 0 Å². The Morgan fingerprint density at radius 2 is 1.58 bits per heavy atom. The molecular formula is C24H20IrN-. The molecule has 4 aromatic rings. The molecule has 26 heavy (non-hydrogen) atoms. The average molecular weight is 515 g/mol. The van der Waals surface area contributed by atoms with Crippen LogP contribution in [0.4, 0.5) is 0 Å². The number of para-hydroxylation sites is 1. The molecule has 0 aliphatic carbocycles. The molecule has 4 rings (SSSR count). The van der Waals surface area contributed by atoms with E-state index in [0.717, 1.165) is 22.0 Å². The fraction of sp³-hybridized carbons (Fsp3) is 0.125. The Morgan fingerprint density at radius 3 is 2.35 bits per heavy atom. The number of pyridine rings is 1. The first-order valence-electron chi connectivity index (χ1n) is 8.57. The molecule has 0 spiro atoms. The van der Waals surface area contributed by atoms with Gasteiger partial charge >= 0.3 is 0 Å². The summed E-state index contributed by atoms with van der Waals surface area (Å²) < 4.78 is 0. The van der Waals surface area contributed by atoms with Crippen LogP contribution in [0.5, 0.6) is 0 Å². The molecule has 0 saturated heterocycles. The van der Waals surface area contributed by atoms with Gasteiger partial charge in [0, 0.05) is 31.8 Å². The van der Waals surface area contributed by atoms with Crippen LogP contribution in [0.15, 0.2) is 66.9 Å². The number of benzene rings is 3. The normalized spacial score (nSPS) is 10.6. The molecule has 0 amide bonds. The van der Waals surface area contributed by atoms with Crippen LogP contribution in [-0.4, -0.2) is 4.98 Å². The zero-order chi connectivity index (χ0) is 17.4. The minimum Gasteiger partial charge on any atom is -0.266 e. The van der Waals surface area contributed by atoms with Gasteiger partial charge in [0.25, 0.3) is 0 Å². The second-order valence-corrected chi connectivity index (χ2v) is 6.65. The quantitative estimate of drug-likeness (QED) is 0.287. The predicted octanol–water partition coefficient (Wildman–Crippen LogP) is 6.29. The number of nitrogens with zero attached hydrogens (tertiary/aromatic N) is 1. The Balaban J connectivity index is 0.00000196. The van der Waals surface area contributed by atoms with Crippen molar-refractivity contribution in [3.8, 4) is 22.3 Å². The first kappa shape index (κ1) is 18.5. The fourth-order valence-corrected chi connectivity index (χ4v) is 3.73. The SMILES string of the molecule is Cc1cc(C)c(-c2cc[c-]c(-c3cccc4cccnc34)c2)c(C)c1.[Ir]. The van der Waals surface area contributed by atoms with E-state index >= 15 is 0 Å². The molecule has 1 radical (unpaired) electrons. The van der Waals surface area contributed by atoms with E-state index in [-0.39, 0.29) is 20.1 Å². The Labute approximate surface area is 168 Å². The van der Waals surface area contributed by atoms with Crippen LogP contribution in [0.2, 0.25) is 0 Å². The van der Waals surface area contributed by atoms with Crippen LogP contribution < -0.4 is 0 Å². The number of fused-ring (bicyclic) bond motifs is 1. The standard InChI is InChI=1S/C24H20N.Ir/c1-16-13-17(2)23(18(3)14-16)21-9-4-8-20(15-21)22-11-5-7-19-10-6-12-25-24(19)22;/h4-7,9-15H,1-3H3;/q-1;. The Kier molecular flexibility index (Phi) is 5.36. The molecule has 0 unspecified atom stereocenters.